The predicted molar refractivity (Wildman–Crippen MR) is 98.2 cm³/mol. The molecule has 2 rings (SSSR count). The number of carbonyl (C=O) groups excluding carboxylic acids is 2. The number of benzene rings is 2. The van der Waals surface area contributed by atoms with Crippen LogP contribution in [0.3, 0.4) is 0 Å². The maximum absolute atomic E-state index is 12.1. The summed E-state index contributed by atoms with van der Waals surface area (Å²) in [5.74, 6) is 0.404. The number of nitrogens with one attached hydrogen (secondary N) is 1. The second-order valence-corrected chi connectivity index (χ2v) is 6.01. The molecule has 0 saturated carbocycles. The molecular weight excluding hydrogens is 365 g/mol. The number of anilines is 1. The summed E-state index contributed by atoms with van der Waals surface area (Å²) in [5.41, 5.74) is 0.930. The van der Waals surface area contributed by atoms with Crippen molar-refractivity contribution >= 4 is 40.6 Å². The summed E-state index contributed by atoms with van der Waals surface area (Å²) < 4.78 is 10.3. The van der Waals surface area contributed by atoms with Crippen LogP contribution in [0.2, 0.25) is 10.0 Å². The first-order chi connectivity index (χ1) is 11.9. The van der Waals surface area contributed by atoms with Crippen molar-refractivity contribution in [3.8, 4) is 11.5 Å². The Morgan fingerprint density at radius 2 is 1.60 bits per heavy atom. The lowest BCUT2D eigenvalue weighted by Crippen LogP contribution is -2.14. The Labute approximate surface area is 155 Å². The van der Waals surface area contributed by atoms with Gasteiger partial charge in [-0.15, -0.1) is 0 Å². The Morgan fingerprint density at radius 3 is 2.20 bits per heavy atom. The first-order valence-corrected chi connectivity index (χ1v) is 8.20. The molecule has 2 aromatic rings. The van der Waals surface area contributed by atoms with Gasteiger partial charge in [0.25, 0.3) is 0 Å². The average Bonchev–Trinajstić information content (AvgIpc) is 2.60. The zero-order valence-corrected chi connectivity index (χ0v) is 15.3. The quantitative estimate of drug-likeness (QED) is 0.711. The Kier molecular flexibility index (Phi) is 6.67. The number of ketones is 1. The molecule has 0 bridgehead atoms. The minimum absolute atomic E-state index is 0.0360. The molecule has 0 unspecified atom stereocenters. The highest BCUT2D eigenvalue weighted by molar-refractivity contribution is 6.32. The molecule has 25 heavy (non-hydrogen) atoms. The van der Waals surface area contributed by atoms with Crippen molar-refractivity contribution in [3.05, 3.63) is 52.0 Å². The van der Waals surface area contributed by atoms with Crippen LogP contribution in [-0.2, 0) is 4.79 Å². The lowest BCUT2D eigenvalue weighted by molar-refractivity contribution is -0.116. The van der Waals surface area contributed by atoms with Crippen LogP contribution in [0, 0.1) is 0 Å². The van der Waals surface area contributed by atoms with Crippen molar-refractivity contribution in [2.24, 2.45) is 0 Å². The van der Waals surface area contributed by atoms with E-state index in [1.165, 1.54) is 20.3 Å². The number of hydrogen-bond donors (Lipinski definition) is 1. The van der Waals surface area contributed by atoms with Crippen LogP contribution in [0.15, 0.2) is 36.4 Å². The molecule has 0 radical (unpaired) electrons. The van der Waals surface area contributed by atoms with Crippen LogP contribution in [0.4, 0.5) is 5.69 Å². The fraction of sp³-hybridized carbons (Fsp3) is 0.222. The highest BCUT2D eigenvalue weighted by Crippen LogP contribution is 2.35. The van der Waals surface area contributed by atoms with Crippen LogP contribution >= 0.6 is 23.2 Å². The maximum atomic E-state index is 12.1. The summed E-state index contributed by atoms with van der Waals surface area (Å²) in [6.45, 7) is 0. The maximum Gasteiger partial charge on any atom is 0.224 e. The third kappa shape index (κ3) is 5.11. The SMILES string of the molecule is COc1cc(OC)c(NC(=O)CCC(=O)c2ccc(Cl)cc2)cc1Cl. The van der Waals surface area contributed by atoms with Crippen molar-refractivity contribution in [2.45, 2.75) is 12.8 Å². The molecule has 0 aliphatic rings. The van der Waals surface area contributed by atoms with Gasteiger partial charge < -0.3 is 14.8 Å². The van der Waals surface area contributed by atoms with Crippen molar-refractivity contribution in [2.75, 3.05) is 19.5 Å². The smallest absolute Gasteiger partial charge is 0.224 e. The molecule has 0 aliphatic carbocycles. The molecule has 1 amide bonds. The van der Waals surface area contributed by atoms with E-state index >= 15 is 0 Å². The van der Waals surface area contributed by atoms with Crippen LogP contribution in [0.5, 0.6) is 11.5 Å². The van der Waals surface area contributed by atoms with E-state index in [-0.39, 0.29) is 24.5 Å². The topological polar surface area (TPSA) is 64.6 Å². The van der Waals surface area contributed by atoms with E-state index in [0.29, 0.717) is 32.8 Å². The Morgan fingerprint density at radius 1 is 0.960 bits per heavy atom. The van der Waals surface area contributed by atoms with E-state index in [1.54, 1.807) is 30.3 Å². The van der Waals surface area contributed by atoms with Gasteiger partial charge in [-0.1, -0.05) is 23.2 Å². The third-order valence-corrected chi connectivity index (χ3v) is 4.04. The molecule has 0 aromatic heterocycles. The van der Waals surface area contributed by atoms with E-state index in [1.807, 2.05) is 0 Å². The zero-order valence-electron chi connectivity index (χ0n) is 13.8. The number of hydrogen-bond acceptors (Lipinski definition) is 4. The summed E-state index contributed by atoms with van der Waals surface area (Å²) in [6.07, 6.45) is 0.119. The number of ether oxygens (including phenoxy) is 2. The third-order valence-electron chi connectivity index (χ3n) is 3.49. The van der Waals surface area contributed by atoms with E-state index < -0.39 is 0 Å². The van der Waals surface area contributed by atoms with E-state index in [4.69, 9.17) is 32.7 Å². The first kappa shape index (κ1) is 19.1. The molecule has 7 heteroatoms. The normalized spacial score (nSPS) is 10.2. The minimum Gasteiger partial charge on any atom is -0.495 e. The van der Waals surface area contributed by atoms with Gasteiger partial charge in [-0.3, -0.25) is 9.59 Å². The van der Waals surface area contributed by atoms with Crippen LogP contribution in [0.25, 0.3) is 0 Å². The molecular formula is C18H17Cl2NO4. The van der Waals surface area contributed by atoms with Crippen molar-refractivity contribution in [1.29, 1.82) is 0 Å². The summed E-state index contributed by atoms with van der Waals surface area (Å²) in [5, 5.41) is 3.59. The average molecular weight is 382 g/mol. The molecule has 0 fully saturated rings. The van der Waals surface area contributed by atoms with Gasteiger partial charge in [0.2, 0.25) is 5.91 Å². The fourth-order valence-electron chi connectivity index (χ4n) is 2.18. The molecule has 0 aliphatic heterocycles. The van der Waals surface area contributed by atoms with Gasteiger partial charge in [-0.2, -0.15) is 0 Å². The first-order valence-electron chi connectivity index (χ1n) is 7.44. The minimum atomic E-state index is -0.318. The monoisotopic (exact) mass is 381 g/mol. The number of carbonyl (C=O) groups is 2. The van der Waals surface area contributed by atoms with Gasteiger partial charge in [0.05, 0.1) is 24.9 Å². The second-order valence-electron chi connectivity index (χ2n) is 5.17. The van der Waals surface area contributed by atoms with E-state index in [0.717, 1.165) is 0 Å². The number of halogens is 2. The van der Waals surface area contributed by atoms with Crippen molar-refractivity contribution in [1.82, 2.24) is 0 Å². The second kappa shape index (κ2) is 8.74. The van der Waals surface area contributed by atoms with Crippen LogP contribution in [0.1, 0.15) is 23.2 Å². The Bertz CT molecular complexity index is 775. The van der Waals surface area contributed by atoms with Gasteiger partial charge in [0.1, 0.15) is 11.5 Å². The van der Waals surface area contributed by atoms with Gasteiger partial charge in [0, 0.05) is 29.5 Å². The highest BCUT2D eigenvalue weighted by Gasteiger charge is 2.14. The molecule has 0 spiro atoms. The van der Waals surface area contributed by atoms with Gasteiger partial charge in [-0.25, -0.2) is 0 Å². The van der Waals surface area contributed by atoms with Crippen molar-refractivity contribution < 1.29 is 19.1 Å². The Hall–Kier alpha value is -2.24. The summed E-state index contributed by atoms with van der Waals surface area (Å²) >= 11 is 11.9. The molecule has 2 aromatic carbocycles. The summed E-state index contributed by atoms with van der Waals surface area (Å²) in [6, 6.07) is 9.66. The van der Waals surface area contributed by atoms with E-state index in [2.05, 4.69) is 5.32 Å². The molecule has 0 saturated heterocycles. The van der Waals surface area contributed by atoms with Crippen LogP contribution in [-0.4, -0.2) is 25.9 Å². The summed E-state index contributed by atoms with van der Waals surface area (Å²) in [4.78, 5) is 24.2. The Balaban J connectivity index is 1.99. The highest BCUT2D eigenvalue weighted by atomic mass is 35.5. The van der Waals surface area contributed by atoms with E-state index in [9.17, 15) is 9.59 Å². The number of amides is 1. The number of Topliss-reactive ketones (excluding diaryl/α,β-unsaturated/α-hetero) is 1. The fourth-order valence-corrected chi connectivity index (χ4v) is 2.54. The van der Waals surface area contributed by atoms with Crippen LogP contribution < -0.4 is 14.8 Å². The largest absolute Gasteiger partial charge is 0.495 e. The lowest BCUT2D eigenvalue weighted by atomic mass is 10.1. The lowest BCUT2D eigenvalue weighted by Gasteiger charge is -2.13. The predicted octanol–water partition coefficient (Wildman–Crippen LogP) is 4.61. The molecule has 132 valence electrons. The zero-order chi connectivity index (χ0) is 18.4. The molecule has 0 atom stereocenters. The number of methoxy groups -OCH3 is 2. The van der Waals surface area contributed by atoms with Gasteiger partial charge in [0.15, 0.2) is 5.78 Å². The summed E-state index contributed by atoms with van der Waals surface area (Å²) in [7, 11) is 2.96. The molecule has 0 heterocycles. The number of rotatable bonds is 7. The van der Waals surface area contributed by atoms with Crippen molar-refractivity contribution in [3.63, 3.8) is 0 Å². The molecule has 1 N–H and O–H groups in total. The van der Waals surface area contributed by atoms with Gasteiger partial charge in [-0.05, 0) is 30.3 Å². The standard InChI is InChI=1S/C18H17Cl2NO4/c1-24-16-10-17(25-2)14(9-13(16)20)21-18(23)8-7-15(22)11-3-5-12(19)6-4-11/h3-6,9-10H,7-8H2,1-2H3,(H,21,23). The van der Waals surface area contributed by atoms with Gasteiger partial charge >= 0.3 is 0 Å². The molecule has 5 nitrogen and oxygen atoms in total.